The van der Waals surface area contributed by atoms with E-state index in [0.29, 0.717) is 0 Å². The highest BCUT2D eigenvalue weighted by Crippen LogP contribution is 2.26. The van der Waals surface area contributed by atoms with Crippen molar-refractivity contribution < 1.29 is 19.4 Å². The standard InChI is InChI=1S/C15H21NO4S/c1-10(15(18)19)9-16(3)14(17)11(2)21-13-7-5-12(20-4)6-8-13/h5-8,10-11H,9H2,1-4H3,(H,18,19). The van der Waals surface area contributed by atoms with Crippen molar-refractivity contribution in [2.45, 2.75) is 24.0 Å². The summed E-state index contributed by atoms with van der Waals surface area (Å²) in [6, 6.07) is 7.48. The topological polar surface area (TPSA) is 66.8 Å². The van der Waals surface area contributed by atoms with Crippen molar-refractivity contribution in [3.8, 4) is 5.75 Å². The fourth-order valence-electron chi connectivity index (χ4n) is 1.80. The van der Waals surface area contributed by atoms with E-state index < -0.39 is 11.9 Å². The molecule has 2 unspecified atom stereocenters. The van der Waals surface area contributed by atoms with Gasteiger partial charge in [-0.05, 0) is 31.2 Å². The van der Waals surface area contributed by atoms with E-state index in [-0.39, 0.29) is 17.7 Å². The van der Waals surface area contributed by atoms with Crippen LogP contribution in [0.1, 0.15) is 13.8 Å². The van der Waals surface area contributed by atoms with Crippen LogP contribution in [0.25, 0.3) is 0 Å². The van der Waals surface area contributed by atoms with Crippen molar-refractivity contribution in [2.75, 3.05) is 20.7 Å². The van der Waals surface area contributed by atoms with Gasteiger partial charge in [-0.2, -0.15) is 0 Å². The van der Waals surface area contributed by atoms with Crippen molar-refractivity contribution in [2.24, 2.45) is 5.92 Å². The number of thioether (sulfide) groups is 1. The molecule has 0 heterocycles. The molecule has 0 spiro atoms. The molecule has 0 bridgehead atoms. The second-order valence-corrected chi connectivity index (χ2v) is 6.31. The quantitative estimate of drug-likeness (QED) is 0.783. The Bertz CT molecular complexity index is 489. The van der Waals surface area contributed by atoms with E-state index in [1.807, 2.05) is 31.2 Å². The summed E-state index contributed by atoms with van der Waals surface area (Å²) in [5, 5.41) is 8.61. The number of ether oxygens (including phenoxy) is 1. The Morgan fingerprint density at radius 1 is 1.29 bits per heavy atom. The maximum Gasteiger partial charge on any atom is 0.308 e. The van der Waals surface area contributed by atoms with E-state index in [4.69, 9.17) is 9.84 Å². The monoisotopic (exact) mass is 311 g/mol. The Morgan fingerprint density at radius 2 is 1.86 bits per heavy atom. The molecule has 0 radical (unpaired) electrons. The van der Waals surface area contributed by atoms with Gasteiger partial charge >= 0.3 is 5.97 Å². The van der Waals surface area contributed by atoms with E-state index in [1.165, 1.54) is 16.7 Å². The average Bonchev–Trinajstić information content (AvgIpc) is 2.46. The molecule has 1 N–H and O–H groups in total. The first-order chi connectivity index (χ1) is 9.85. The van der Waals surface area contributed by atoms with Gasteiger partial charge in [0.1, 0.15) is 5.75 Å². The Hall–Kier alpha value is -1.69. The van der Waals surface area contributed by atoms with Crippen LogP contribution in [0.4, 0.5) is 0 Å². The van der Waals surface area contributed by atoms with E-state index in [0.717, 1.165) is 10.6 Å². The van der Waals surface area contributed by atoms with Gasteiger partial charge in [0.05, 0.1) is 18.3 Å². The van der Waals surface area contributed by atoms with Crippen LogP contribution < -0.4 is 4.74 Å². The Balaban J connectivity index is 2.58. The molecule has 5 nitrogen and oxygen atoms in total. The number of carbonyl (C=O) groups excluding carboxylic acids is 1. The van der Waals surface area contributed by atoms with Crippen LogP contribution in [-0.2, 0) is 9.59 Å². The highest BCUT2D eigenvalue weighted by Gasteiger charge is 2.22. The van der Waals surface area contributed by atoms with Crippen molar-refractivity contribution in [1.29, 1.82) is 0 Å². The third-order valence-electron chi connectivity index (χ3n) is 3.07. The number of aliphatic carboxylic acids is 1. The summed E-state index contributed by atoms with van der Waals surface area (Å²) >= 11 is 1.44. The Labute approximate surface area is 129 Å². The van der Waals surface area contributed by atoms with Crippen LogP contribution in [-0.4, -0.2) is 47.8 Å². The number of nitrogens with zero attached hydrogens (tertiary/aromatic N) is 1. The molecule has 6 heteroatoms. The fraction of sp³-hybridized carbons (Fsp3) is 0.467. The maximum absolute atomic E-state index is 12.2. The van der Waals surface area contributed by atoms with Crippen molar-refractivity contribution in [3.63, 3.8) is 0 Å². The molecule has 0 fully saturated rings. The molecular formula is C15H21NO4S. The molecule has 0 saturated heterocycles. The van der Waals surface area contributed by atoms with Crippen LogP contribution in [0.3, 0.4) is 0 Å². The first kappa shape index (κ1) is 17.4. The lowest BCUT2D eigenvalue weighted by molar-refractivity contribution is -0.142. The van der Waals surface area contributed by atoms with Crippen molar-refractivity contribution in [1.82, 2.24) is 4.90 Å². The molecular weight excluding hydrogens is 290 g/mol. The van der Waals surface area contributed by atoms with Crippen LogP contribution in [0.15, 0.2) is 29.2 Å². The average molecular weight is 311 g/mol. The highest BCUT2D eigenvalue weighted by atomic mass is 32.2. The van der Waals surface area contributed by atoms with Gasteiger partial charge in [0.2, 0.25) is 5.91 Å². The second-order valence-electron chi connectivity index (χ2n) is 4.89. The van der Waals surface area contributed by atoms with Gasteiger partial charge in [-0.3, -0.25) is 9.59 Å². The third kappa shape index (κ3) is 5.30. The molecule has 1 amide bonds. The van der Waals surface area contributed by atoms with Crippen LogP contribution >= 0.6 is 11.8 Å². The van der Waals surface area contributed by atoms with Gasteiger partial charge in [-0.1, -0.05) is 6.92 Å². The number of carbonyl (C=O) groups is 2. The minimum Gasteiger partial charge on any atom is -0.497 e. The number of amides is 1. The van der Waals surface area contributed by atoms with E-state index in [1.54, 1.807) is 21.1 Å². The van der Waals surface area contributed by atoms with Crippen molar-refractivity contribution in [3.05, 3.63) is 24.3 Å². The lowest BCUT2D eigenvalue weighted by Gasteiger charge is -2.22. The van der Waals surface area contributed by atoms with Crippen LogP contribution in [0.5, 0.6) is 5.75 Å². The predicted octanol–water partition coefficient (Wildman–Crippen LogP) is 2.35. The summed E-state index contributed by atoms with van der Waals surface area (Å²) in [6.07, 6.45) is 0. The molecule has 1 aromatic carbocycles. The molecule has 116 valence electrons. The van der Waals surface area contributed by atoms with Crippen LogP contribution in [0.2, 0.25) is 0 Å². The van der Waals surface area contributed by atoms with E-state index >= 15 is 0 Å². The molecule has 2 atom stereocenters. The molecule has 1 rings (SSSR count). The zero-order valence-electron chi connectivity index (χ0n) is 12.7. The number of hydrogen-bond acceptors (Lipinski definition) is 4. The van der Waals surface area contributed by atoms with Gasteiger partial charge in [0.25, 0.3) is 0 Å². The molecule has 0 saturated carbocycles. The Morgan fingerprint density at radius 3 is 2.33 bits per heavy atom. The van der Waals surface area contributed by atoms with Gasteiger partial charge in [-0.15, -0.1) is 11.8 Å². The number of carboxylic acids is 1. The van der Waals surface area contributed by atoms with E-state index in [9.17, 15) is 9.59 Å². The minimum atomic E-state index is -0.898. The first-order valence-corrected chi connectivity index (χ1v) is 7.51. The molecule has 0 aliphatic rings. The van der Waals surface area contributed by atoms with Crippen LogP contribution in [0, 0.1) is 5.92 Å². The molecule has 0 aliphatic heterocycles. The van der Waals surface area contributed by atoms with Gasteiger partial charge in [0.15, 0.2) is 0 Å². The molecule has 0 aromatic heterocycles. The third-order valence-corrected chi connectivity index (χ3v) is 4.17. The summed E-state index contributed by atoms with van der Waals surface area (Å²) in [4.78, 5) is 25.5. The molecule has 0 aliphatic carbocycles. The highest BCUT2D eigenvalue weighted by molar-refractivity contribution is 8.00. The number of rotatable bonds is 7. The number of hydrogen-bond donors (Lipinski definition) is 1. The lowest BCUT2D eigenvalue weighted by atomic mass is 10.2. The summed E-state index contributed by atoms with van der Waals surface area (Å²) in [7, 11) is 3.24. The summed E-state index contributed by atoms with van der Waals surface area (Å²) in [5.41, 5.74) is 0. The Kier molecular flexibility index (Phi) is 6.55. The van der Waals surface area contributed by atoms with Crippen molar-refractivity contribution >= 4 is 23.6 Å². The predicted molar refractivity (Wildman–Crippen MR) is 82.7 cm³/mol. The zero-order chi connectivity index (χ0) is 16.0. The summed E-state index contributed by atoms with van der Waals surface area (Å²) < 4.78 is 5.09. The minimum absolute atomic E-state index is 0.0797. The van der Waals surface area contributed by atoms with E-state index in [2.05, 4.69) is 0 Å². The lowest BCUT2D eigenvalue weighted by Crippen LogP contribution is -2.37. The first-order valence-electron chi connectivity index (χ1n) is 6.63. The number of methoxy groups -OCH3 is 1. The summed E-state index contributed by atoms with van der Waals surface area (Å²) in [6.45, 7) is 3.62. The molecule has 21 heavy (non-hydrogen) atoms. The van der Waals surface area contributed by atoms with Gasteiger partial charge in [0, 0.05) is 18.5 Å². The SMILES string of the molecule is COc1ccc(SC(C)C(=O)N(C)CC(C)C(=O)O)cc1. The number of benzene rings is 1. The zero-order valence-corrected chi connectivity index (χ0v) is 13.5. The molecule has 1 aromatic rings. The smallest absolute Gasteiger partial charge is 0.308 e. The van der Waals surface area contributed by atoms with Gasteiger partial charge in [-0.25, -0.2) is 0 Å². The second kappa shape index (κ2) is 7.93. The largest absolute Gasteiger partial charge is 0.497 e. The van der Waals surface area contributed by atoms with Gasteiger partial charge < -0.3 is 14.7 Å². The normalized spacial score (nSPS) is 13.3. The maximum atomic E-state index is 12.2. The number of carboxylic acid groups (broad SMARTS) is 1. The summed E-state index contributed by atoms with van der Waals surface area (Å²) in [5.74, 6) is -0.781. The fourth-order valence-corrected chi connectivity index (χ4v) is 2.78.